The highest BCUT2D eigenvalue weighted by Gasteiger charge is 2.10. The van der Waals surface area contributed by atoms with Gasteiger partial charge in [0.25, 0.3) is 0 Å². The van der Waals surface area contributed by atoms with Crippen LogP contribution in [0.2, 0.25) is 0 Å². The van der Waals surface area contributed by atoms with Gasteiger partial charge in [-0.25, -0.2) is 9.97 Å². The first kappa shape index (κ1) is 12.4. The van der Waals surface area contributed by atoms with Gasteiger partial charge in [-0.1, -0.05) is 13.8 Å². The summed E-state index contributed by atoms with van der Waals surface area (Å²) in [6, 6.07) is 1.84. The molecule has 0 radical (unpaired) electrons. The Kier molecular flexibility index (Phi) is 4.22. The predicted octanol–water partition coefficient (Wildman–Crippen LogP) is 1.51. The SMILES string of the molecule is CCC(C)c1cc(N(C)CC(=O)O)ncn1. The molecule has 16 heavy (non-hydrogen) atoms. The van der Waals surface area contributed by atoms with E-state index in [1.165, 1.54) is 6.33 Å². The first-order chi connectivity index (χ1) is 7.54. The Morgan fingerprint density at radius 2 is 2.25 bits per heavy atom. The number of hydrogen-bond acceptors (Lipinski definition) is 4. The molecule has 0 aliphatic heterocycles. The zero-order valence-electron chi connectivity index (χ0n) is 9.84. The third-order valence-electron chi connectivity index (χ3n) is 2.55. The lowest BCUT2D eigenvalue weighted by atomic mass is 10.1. The molecule has 1 N–H and O–H groups in total. The summed E-state index contributed by atoms with van der Waals surface area (Å²) in [6.45, 7) is 4.12. The third kappa shape index (κ3) is 3.18. The highest BCUT2D eigenvalue weighted by Crippen LogP contribution is 2.19. The van der Waals surface area contributed by atoms with Crippen molar-refractivity contribution in [3.8, 4) is 0 Å². The van der Waals surface area contributed by atoms with Gasteiger partial charge in [-0.3, -0.25) is 4.79 Å². The first-order valence-corrected chi connectivity index (χ1v) is 5.29. The number of anilines is 1. The molecule has 0 aromatic carbocycles. The van der Waals surface area contributed by atoms with Crippen LogP contribution in [0.5, 0.6) is 0 Å². The molecule has 1 rings (SSSR count). The maximum atomic E-state index is 10.6. The molecule has 0 saturated carbocycles. The standard InChI is InChI=1S/C11H17N3O2/c1-4-8(2)9-5-10(13-7-12-9)14(3)6-11(15)16/h5,7-8H,4,6H2,1-3H3,(H,15,16). The van der Waals surface area contributed by atoms with Crippen molar-refractivity contribution in [2.24, 2.45) is 0 Å². The van der Waals surface area contributed by atoms with Crippen LogP contribution in [0.3, 0.4) is 0 Å². The van der Waals surface area contributed by atoms with Crippen LogP contribution >= 0.6 is 0 Å². The van der Waals surface area contributed by atoms with Crippen molar-refractivity contribution < 1.29 is 9.90 Å². The van der Waals surface area contributed by atoms with Gasteiger partial charge in [-0.05, 0) is 12.3 Å². The fraction of sp³-hybridized carbons (Fsp3) is 0.545. The van der Waals surface area contributed by atoms with Crippen molar-refractivity contribution in [2.45, 2.75) is 26.2 Å². The minimum atomic E-state index is -0.869. The average molecular weight is 223 g/mol. The number of likely N-dealkylation sites (N-methyl/N-ethyl adjacent to an activating group) is 1. The van der Waals surface area contributed by atoms with Crippen LogP contribution in [0.15, 0.2) is 12.4 Å². The van der Waals surface area contributed by atoms with E-state index in [1.807, 2.05) is 6.07 Å². The van der Waals surface area contributed by atoms with Crippen molar-refractivity contribution in [1.29, 1.82) is 0 Å². The summed E-state index contributed by atoms with van der Waals surface area (Å²) < 4.78 is 0. The molecule has 5 nitrogen and oxygen atoms in total. The molecule has 1 heterocycles. The van der Waals surface area contributed by atoms with Crippen molar-refractivity contribution >= 4 is 11.8 Å². The highest BCUT2D eigenvalue weighted by atomic mass is 16.4. The number of aromatic nitrogens is 2. The molecule has 0 bridgehead atoms. The largest absolute Gasteiger partial charge is 0.480 e. The molecule has 0 aliphatic carbocycles. The molecule has 0 aliphatic rings. The first-order valence-electron chi connectivity index (χ1n) is 5.29. The number of carbonyl (C=O) groups is 1. The Balaban J connectivity index is 2.85. The molecule has 0 spiro atoms. The quantitative estimate of drug-likeness (QED) is 0.819. The number of aliphatic carboxylic acids is 1. The second kappa shape index (κ2) is 5.44. The highest BCUT2D eigenvalue weighted by molar-refractivity contribution is 5.72. The molecular formula is C11H17N3O2. The summed E-state index contributed by atoms with van der Waals surface area (Å²) >= 11 is 0. The molecule has 0 amide bonds. The summed E-state index contributed by atoms with van der Waals surface area (Å²) in [5.74, 6) is 0.138. The number of carboxylic acids is 1. The maximum absolute atomic E-state index is 10.6. The van der Waals surface area contributed by atoms with E-state index < -0.39 is 5.97 Å². The van der Waals surface area contributed by atoms with E-state index in [-0.39, 0.29) is 6.54 Å². The van der Waals surface area contributed by atoms with E-state index in [1.54, 1.807) is 11.9 Å². The van der Waals surface area contributed by atoms with Crippen LogP contribution < -0.4 is 4.90 Å². The second-order valence-corrected chi connectivity index (χ2v) is 3.86. The van der Waals surface area contributed by atoms with E-state index >= 15 is 0 Å². The Morgan fingerprint density at radius 1 is 1.56 bits per heavy atom. The van der Waals surface area contributed by atoms with Gasteiger partial charge in [0.1, 0.15) is 18.7 Å². The summed E-state index contributed by atoms with van der Waals surface area (Å²) in [5.41, 5.74) is 0.949. The smallest absolute Gasteiger partial charge is 0.323 e. The Hall–Kier alpha value is -1.65. The van der Waals surface area contributed by atoms with E-state index in [4.69, 9.17) is 5.11 Å². The fourth-order valence-corrected chi connectivity index (χ4v) is 1.33. The summed E-state index contributed by atoms with van der Waals surface area (Å²) in [7, 11) is 1.71. The Morgan fingerprint density at radius 3 is 2.81 bits per heavy atom. The van der Waals surface area contributed by atoms with E-state index in [0.717, 1.165) is 12.1 Å². The van der Waals surface area contributed by atoms with Crippen LogP contribution in [0.1, 0.15) is 31.9 Å². The lowest BCUT2D eigenvalue weighted by Gasteiger charge is -2.17. The molecule has 1 unspecified atom stereocenters. The van der Waals surface area contributed by atoms with Crippen molar-refractivity contribution in [2.75, 3.05) is 18.5 Å². The predicted molar refractivity (Wildman–Crippen MR) is 61.6 cm³/mol. The van der Waals surface area contributed by atoms with Crippen LogP contribution in [-0.2, 0) is 4.79 Å². The van der Waals surface area contributed by atoms with E-state index in [2.05, 4.69) is 23.8 Å². The average Bonchev–Trinajstić information content (AvgIpc) is 2.27. The fourth-order valence-electron chi connectivity index (χ4n) is 1.33. The number of nitrogens with zero attached hydrogens (tertiary/aromatic N) is 3. The van der Waals surface area contributed by atoms with E-state index in [0.29, 0.717) is 11.7 Å². The van der Waals surface area contributed by atoms with Gasteiger partial charge in [0.15, 0.2) is 0 Å². The van der Waals surface area contributed by atoms with Gasteiger partial charge in [-0.2, -0.15) is 0 Å². The van der Waals surface area contributed by atoms with Crippen LogP contribution in [0.25, 0.3) is 0 Å². The Labute approximate surface area is 95.1 Å². The van der Waals surface area contributed by atoms with Gasteiger partial charge in [0.2, 0.25) is 0 Å². The van der Waals surface area contributed by atoms with Crippen molar-refractivity contribution in [3.63, 3.8) is 0 Å². The van der Waals surface area contributed by atoms with E-state index in [9.17, 15) is 4.79 Å². The molecule has 0 fully saturated rings. The minimum Gasteiger partial charge on any atom is -0.480 e. The Bertz CT molecular complexity index is 368. The summed E-state index contributed by atoms with van der Waals surface area (Å²) in [4.78, 5) is 20.4. The number of carboxylic acid groups (broad SMARTS) is 1. The van der Waals surface area contributed by atoms with Gasteiger partial charge in [0.05, 0.1) is 0 Å². The van der Waals surface area contributed by atoms with Crippen LogP contribution in [-0.4, -0.2) is 34.6 Å². The zero-order valence-corrected chi connectivity index (χ0v) is 9.84. The lowest BCUT2D eigenvalue weighted by molar-refractivity contribution is -0.135. The molecule has 88 valence electrons. The van der Waals surface area contributed by atoms with Gasteiger partial charge < -0.3 is 10.0 Å². The third-order valence-corrected chi connectivity index (χ3v) is 2.55. The zero-order chi connectivity index (χ0) is 12.1. The molecular weight excluding hydrogens is 206 g/mol. The van der Waals surface area contributed by atoms with Gasteiger partial charge >= 0.3 is 5.97 Å². The molecule has 1 aromatic rings. The number of rotatable bonds is 5. The van der Waals surface area contributed by atoms with Gasteiger partial charge in [0, 0.05) is 18.8 Å². The van der Waals surface area contributed by atoms with Crippen molar-refractivity contribution in [1.82, 2.24) is 9.97 Å². The molecule has 1 atom stereocenters. The van der Waals surface area contributed by atoms with Crippen LogP contribution in [0.4, 0.5) is 5.82 Å². The van der Waals surface area contributed by atoms with Gasteiger partial charge in [-0.15, -0.1) is 0 Å². The molecule has 0 saturated heterocycles. The maximum Gasteiger partial charge on any atom is 0.323 e. The monoisotopic (exact) mass is 223 g/mol. The normalized spacial score (nSPS) is 12.2. The summed E-state index contributed by atoms with van der Waals surface area (Å²) in [6.07, 6.45) is 2.48. The molecule has 5 heteroatoms. The summed E-state index contributed by atoms with van der Waals surface area (Å²) in [5, 5.41) is 8.68. The van der Waals surface area contributed by atoms with Crippen LogP contribution in [0, 0.1) is 0 Å². The minimum absolute atomic E-state index is 0.0586. The number of hydrogen-bond donors (Lipinski definition) is 1. The molecule has 1 aromatic heterocycles. The van der Waals surface area contributed by atoms with Crippen molar-refractivity contribution in [3.05, 3.63) is 18.1 Å². The lowest BCUT2D eigenvalue weighted by Crippen LogP contribution is -2.26. The second-order valence-electron chi connectivity index (χ2n) is 3.86. The topological polar surface area (TPSA) is 66.3 Å².